The second-order valence-corrected chi connectivity index (χ2v) is 9.43. The van der Waals surface area contributed by atoms with Gasteiger partial charge in [0.25, 0.3) is 0 Å². The fourth-order valence-electron chi connectivity index (χ4n) is 4.69. The molecule has 4 heterocycles. The minimum absolute atomic E-state index is 0.0301. The number of ether oxygens (including phenoxy) is 1. The Morgan fingerprint density at radius 3 is 2.84 bits per heavy atom. The van der Waals surface area contributed by atoms with Crippen molar-refractivity contribution >= 4 is 50.4 Å². The number of esters is 1. The molecule has 9 nitrogen and oxygen atoms in total. The fraction of sp³-hybridized carbons (Fsp3) is 0.476. The molecule has 0 aliphatic carbocycles. The number of carbonyl (C=O) groups is 4. The third-order valence-electron chi connectivity index (χ3n) is 6.15. The van der Waals surface area contributed by atoms with Gasteiger partial charge in [0.05, 0.1) is 22.4 Å². The highest BCUT2D eigenvalue weighted by molar-refractivity contribution is 7.22. The molecule has 2 aromatic rings. The number of piperidine rings is 1. The largest absolute Gasteiger partial charge is 0.462 e. The van der Waals surface area contributed by atoms with Crippen LogP contribution in [-0.4, -0.2) is 65.9 Å². The van der Waals surface area contributed by atoms with Crippen molar-refractivity contribution in [1.82, 2.24) is 15.2 Å². The lowest BCUT2D eigenvalue weighted by Crippen LogP contribution is -2.59. The van der Waals surface area contributed by atoms with Crippen molar-refractivity contribution in [2.45, 2.75) is 32.2 Å². The molecule has 0 bridgehead atoms. The van der Waals surface area contributed by atoms with Crippen LogP contribution in [0.1, 0.15) is 36.5 Å². The van der Waals surface area contributed by atoms with Crippen LogP contribution < -0.4 is 10.2 Å². The molecule has 1 spiro atoms. The maximum atomic E-state index is 12.6. The van der Waals surface area contributed by atoms with Crippen LogP contribution in [0.2, 0.25) is 0 Å². The quantitative estimate of drug-likeness (QED) is 0.562. The summed E-state index contributed by atoms with van der Waals surface area (Å²) in [4.78, 5) is 56.6. The van der Waals surface area contributed by atoms with E-state index in [4.69, 9.17) is 4.74 Å². The number of likely N-dealkylation sites (tertiary alicyclic amines) is 1. The van der Waals surface area contributed by atoms with E-state index < -0.39 is 6.04 Å². The minimum atomic E-state index is -0.553. The number of aromatic nitrogens is 1. The Morgan fingerprint density at radius 1 is 1.29 bits per heavy atom. The average molecular weight is 442 g/mol. The van der Waals surface area contributed by atoms with E-state index in [0.29, 0.717) is 44.6 Å². The number of hydrogen-bond acceptors (Lipinski definition) is 8. The monoisotopic (exact) mass is 442 g/mol. The molecular formula is C21H22N4O5S. The predicted octanol–water partition coefficient (Wildman–Crippen LogP) is 1.32. The van der Waals surface area contributed by atoms with Crippen LogP contribution >= 0.6 is 11.3 Å². The van der Waals surface area contributed by atoms with Gasteiger partial charge in [-0.3, -0.25) is 19.7 Å². The molecular weight excluding hydrogens is 420 g/mol. The number of hydrogen-bond donors (Lipinski definition) is 1. The Kier molecular flexibility index (Phi) is 4.69. The summed E-state index contributed by atoms with van der Waals surface area (Å²) in [5, 5.41) is 3.19. The number of carbonyl (C=O) groups excluding carboxylic acids is 4. The number of fused-ring (bicyclic) bond motifs is 1. The zero-order chi connectivity index (χ0) is 21.8. The van der Waals surface area contributed by atoms with Gasteiger partial charge in [0.2, 0.25) is 17.7 Å². The Labute approximate surface area is 182 Å². The highest BCUT2D eigenvalue weighted by atomic mass is 32.1. The number of imide groups is 1. The van der Waals surface area contributed by atoms with Crippen LogP contribution in [0.15, 0.2) is 18.2 Å². The summed E-state index contributed by atoms with van der Waals surface area (Å²) in [7, 11) is 0. The maximum absolute atomic E-state index is 12.6. The number of benzene rings is 1. The summed E-state index contributed by atoms with van der Waals surface area (Å²) in [6, 6.07) is 4.78. The lowest BCUT2D eigenvalue weighted by Gasteiger charge is -2.47. The first kappa shape index (κ1) is 19.9. The molecule has 0 radical (unpaired) electrons. The van der Waals surface area contributed by atoms with Crippen LogP contribution in [0, 0.1) is 5.41 Å². The first-order chi connectivity index (χ1) is 14.9. The summed E-state index contributed by atoms with van der Waals surface area (Å²) in [5.41, 5.74) is 1.14. The van der Waals surface area contributed by atoms with Crippen LogP contribution in [0.5, 0.6) is 0 Å². The molecule has 10 heteroatoms. The standard InChI is InChI=1S/C21H22N4O5S/c1-2-30-19(29)12-3-4-13-15(7-12)31-20(22-13)24-9-21(10-24)8-17(27)25(11-21)14-5-6-16(26)23-18(14)28/h3-4,7,14H,2,5-6,8-11H2,1H3,(H,23,26,28). The van der Waals surface area contributed by atoms with Gasteiger partial charge in [0, 0.05) is 37.9 Å². The number of thiazole rings is 1. The van der Waals surface area contributed by atoms with Gasteiger partial charge in [-0.05, 0) is 31.5 Å². The van der Waals surface area contributed by atoms with E-state index in [2.05, 4.69) is 15.2 Å². The second-order valence-electron chi connectivity index (χ2n) is 8.42. The molecule has 1 atom stereocenters. The molecule has 1 N–H and O–H groups in total. The van der Waals surface area contributed by atoms with Crippen LogP contribution in [0.3, 0.4) is 0 Å². The third-order valence-corrected chi connectivity index (χ3v) is 7.23. The van der Waals surface area contributed by atoms with E-state index in [1.54, 1.807) is 24.0 Å². The van der Waals surface area contributed by atoms with Crippen molar-refractivity contribution in [3.63, 3.8) is 0 Å². The zero-order valence-corrected chi connectivity index (χ0v) is 17.9. The van der Waals surface area contributed by atoms with Gasteiger partial charge < -0.3 is 14.5 Å². The van der Waals surface area contributed by atoms with Crippen molar-refractivity contribution in [1.29, 1.82) is 0 Å². The van der Waals surface area contributed by atoms with E-state index >= 15 is 0 Å². The van der Waals surface area contributed by atoms with E-state index in [-0.39, 0.29) is 35.5 Å². The second kappa shape index (κ2) is 7.30. The lowest BCUT2D eigenvalue weighted by atomic mass is 9.79. The summed E-state index contributed by atoms with van der Waals surface area (Å²) < 4.78 is 5.97. The first-order valence-corrected chi connectivity index (χ1v) is 11.1. The first-order valence-electron chi connectivity index (χ1n) is 10.3. The predicted molar refractivity (Wildman–Crippen MR) is 113 cm³/mol. The molecule has 31 heavy (non-hydrogen) atoms. The van der Waals surface area contributed by atoms with Crippen LogP contribution in [0.25, 0.3) is 10.2 Å². The van der Waals surface area contributed by atoms with Crippen molar-refractivity contribution < 1.29 is 23.9 Å². The Balaban J connectivity index is 1.27. The smallest absolute Gasteiger partial charge is 0.338 e. The third kappa shape index (κ3) is 3.44. The van der Waals surface area contributed by atoms with Gasteiger partial charge in [-0.15, -0.1) is 0 Å². The van der Waals surface area contributed by atoms with Gasteiger partial charge in [-0.25, -0.2) is 9.78 Å². The molecule has 0 saturated carbocycles. The summed E-state index contributed by atoms with van der Waals surface area (Å²) in [5.74, 6) is -1.03. The van der Waals surface area contributed by atoms with E-state index in [9.17, 15) is 19.2 Å². The van der Waals surface area contributed by atoms with Crippen molar-refractivity contribution in [3.05, 3.63) is 23.8 Å². The maximum Gasteiger partial charge on any atom is 0.338 e. The summed E-state index contributed by atoms with van der Waals surface area (Å²) >= 11 is 1.51. The highest BCUT2D eigenvalue weighted by Gasteiger charge is 2.54. The van der Waals surface area contributed by atoms with Crippen molar-refractivity contribution in [2.75, 3.05) is 31.1 Å². The minimum Gasteiger partial charge on any atom is -0.462 e. The lowest BCUT2D eigenvalue weighted by molar-refractivity contribution is -0.143. The van der Waals surface area contributed by atoms with E-state index in [1.165, 1.54) is 11.3 Å². The molecule has 3 aliphatic rings. The van der Waals surface area contributed by atoms with Gasteiger partial charge in [-0.1, -0.05) is 11.3 Å². The zero-order valence-electron chi connectivity index (χ0n) is 17.1. The molecule has 5 rings (SSSR count). The van der Waals surface area contributed by atoms with Crippen LogP contribution in [-0.2, 0) is 19.1 Å². The van der Waals surface area contributed by atoms with Crippen molar-refractivity contribution in [2.24, 2.45) is 5.41 Å². The van der Waals surface area contributed by atoms with Gasteiger partial charge in [0.1, 0.15) is 6.04 Å². The Bertz CT molecular complexity index is 1110. The number of anilines is 1. The molecule has 1 aromatic heterocycles. The number of nitrogens with one attached hydrogen (secondary N) is 1. The van der Waals surface area contributed by atoms with Gasteiger partial charge >= 0.3 is 5.97 Å². The summed E-state index contributed by atoms with van der Waals surface area (Å²) in [6.45, 7) is 4.00. The van der Waals surface area contributed by atoms with E-state index in [0.717, 1.165) is 15.3 Å². The molecule has 3 fully saturated rings. The Hall–Kier alpha value is -3.01. The molecule has 1 aromatic carbocycles. The fourth-order valence-corrected chi connectivity index (χ4v) is 5.69. The van der Waals surface area contributed by atoms with Crippen molar-refractivity contribution in [3.8, 4) is 0 Å². The SMILES string of the molecule is CCOC(=O)c1ccc2nc(N3CC4(CC(=O)N(C5CCC(=O)NC5=O)C4)C3)sc2c1. The number of amides is 3. The molecule has 3 amide bonds. The van der Waals surface area contributed by atoms with Gasteiger partial charge in [-0.2, -0.15) is 0 Å². The molecule has 162 valence electrons. The average Bonchev–Trinajstić information content (AvgIpc) is 3.27. The Morgan fingerprint density at radius 2 is 2.10 bits per heavy atom. The van der Waals surface area contributed by atoms with Gasteiger partial charge in [0.15, 0.2) is 5.13 Å². The van der Waals surface area contributed by atoms with Crippen LogP contribution in [0.4, 0.5) is 5.13 Å². The summed E-state index contributed by atoms with van der Waals surface area (Å²) in [6.07, 6.45) is 1.05. The topological polar surface area (TPSA) is 109 Å². The normalized spacial score (nSPS) is 22.7. The molecule has 3 aliphatic heterocycles. The van der Waals surface area contributed by atoms with E-state index in [1.807, 2.05) is 6.07 Å². The molecule has 3 saturated heterocycles. The molecule has 1 unspecified atom stereocenters. The number of nitrogens with zero attached hydrogens (tertiary/aromatic N) is 3. The number of rotatable bonds is 4. The highest BCUT2D eigenvalue weighted by Crippen LogP contribution is 2.45.